The van der Waals surface area contributed by atoms with Gasteiger partial charge in [0.25, 0.3) is 11.8 Å². The summed E-state index contributed by atoms with van der Waals surface area (Å²) in [6.45, 7) is -3.90. The lowest BCUT2D eigenvalue weighted by Gasteiger charge is -2.11. The number of nitrogens with one attached hydrogen (secondary N) is 2. The zero-order valence-electron chi connectivity index (χ0n) is 13.9. The Morgan fingerprint density at radius 1 is 1.23 bits per heavy atom. The van der Waals surface area contributed by atoms with Crippen LogP contribution >= 0.6 is 0 Å². The number of hydrogen-bond donors (Lipinski definition) is 2. The summed E-state index contributed by atoms with van der Waals surface area (Å²) in [5.74, 6) is -2.11. The molecule has 0 radical (unpaired) electrons. The number of halogens is 2. The van der Waals surface area contributed by atoms with E-state index in [1.165, 1.54) is 19.2 Å². The molecule has 1 aromatic carbocycles. The molecular formula is C16H18F2N2O6. The van der Waals surface area contributed by atoms with Gasteiger partial charge in [-0.15, -0.1) is 0 Å². The maximum atomic E-state index is 12.3. The van der Waals surface area contributed by atoms with Gasteiger partial charge in [0.1, 0.15) is 6.54 Å². The molecule has 1 aliphatic carbocycles. The van der Waals surface area contributed by atoms with Crippen molar-refractivity contribution in [3.63, 3.8) is 0 Å². The van der Waals surface area contributed by atoms with E-state index in [1.807, 2.05) is 0 Å². The minimum Gasteiger partial charge on any atom is -0.493 e. The lowest BCUT2D eigenvalue weighted by atomic mass is 10.2. The molecule has 0 unspecified atom stereocenters. The highest BCUT2D eigenvalue weighted by molar-refractivity contribution is 5.96. The van der Waals surface area contributed by atoms with E-state index in [4.69, 9.17) is 9.47 Å². The van der Waals surface area contributed by atoms with Gasteiger partial charge in [-0.1, -0.05) is 0 Å². The van der Waals surface area contributed by atoms with E-state index in [-0.39, 0.29) is 23.1 Å². The zero-order valence-corrected chi connectivity index (χ0v) is 13.9. The fraction of sp³-hybridized carbons (Fsp3) is 0.438. The van der Waals surface area contributed by atoms with Gasteiger partial charge in [-0.2, -0.15) is 8.78 Å². The highest BCUT2D eigenvalue weighted by atomic mass is 19.3. The summed E-state index contributed by atoms with van der Waals surface area (Å²) in [5.41, 5.74) is 0.0720. The number of carbonyl (C=O) groups is 3. The van der Waals surface area contributed by atoms with E-state index in [0.717, 1.165) is 18.9 Å². The van der Waals surface area contributed by atoms with Crippen LogP contribution in [-0.4, -0.2) is 50.7 Å². The second-order valence-electron chi connectivity index (χ2n) is 5.43. The second-order valence-corrected chi connectivity index (χ2v) is 5.43. The van der Waals surface area contributed by atoms with Crippen LogP contribution in [0.3, 0.4) is 0 Å². The van der Waals surface area contributed by atoms with Gasteiger partial charge in [0, 0.05) is 11.6 Å². The molecule has 0 aromatic heterocycles. The van der Waals surface area contributed by atoms with Gasteiger partial charge >= 0.3 is 12.6 Å². The molecule has 0 aliphatic heterocycles. The number of rotatable bonds is 9. The van der Waals surface area contributed by atoms with E-state index in [1.54, 1.807) is 0 Å². The first-order valence-corrected chi connectivity index (χ1v) is 7.75. The Balaban J connectivity index is 1.80. The predicted molar refractivity (Wildman–Crippen MR) is 84.1 cm³/mol. The maximum Gasteiger partial charge on any atom is 0.387 e. The minimum absolute atomic E-state index is 0.0581. The van der Waals surface area contributed by atoms with Crippen molar-refractivity contribution in [1.82, 2.24) is 10.6 Å². The molecule has 2 amide bonds. The summed E-state index contributed by atoms with van der Waals surface area (Å²) in [6.07, 6.45) is 1.83. The monoisotopic (exact) mass is 372 g/mol. The summed E-state index contributed by atoms with van der Waals surface area (Å²) < 4.78 is 38.4. The Bertz CT molecular complexity index is 679. The number of ether oxygens (including phenoxy) is 3. The summed E-state index contributed by atoms with van der Waals surface area (Å²) in [4.78, 5) is 34.9. The number of methoxy groups -OCH3 is 1. The average molecular weight is 372 g/mol. The highest BCUT2D eigenvalue weighted by Crippen LogP contribution is 2.29. The third-order valence-electron chi connectivity index (χ3n) is 3.34. The average Bonchev–Trinajstić information content (AvgIpc) is 3.41. The Hall–Kier alpha value is -2.91. The van der Waals surface area contributed by atoms with Crippen molar-refractivity contribution >= 4 is 17.8 Å². The number of esters is 1. The number of benzene rings is 1. The SMILES string of the molecule is COc1cc(C(=O)NCC(=O)OCC(=O)NC2CC2)ccc1OC(F)F. The molecule has 1 fully saturated rings. The smallest absolute Gasteiger partial charge is 0.387 e. The van der Waals surface area contributed by atoms with Crippen molar-refractivity contribution in [1.29, 1.82) is 0 Å². The zero-order chi connectivity index (χ0) is 19.1. The van der Waals surface area contributed by atoms with E-state index in [0.29, 0.717) is 0 Å². The van der Waals surface area contributed by atoms with Crippen LogP contribution in [0.25, 0.3) is 0 Å². The van der Waals surface area contributed by atoms with Gasteiger partial charge in [-0.3, -0.25) is 14.4 Å². The molecule has 1 aliphatic rings. The van der Waals surface area contributed by atoms with Gasteiger partial charge in [-0.25, -0.2) is 0 Å². The van der Waals surface area contributed by atoms with Gasteiger partial charge in [0.2, 0.25) is 0 Å². The number of alkyl halides is 2. The molecule has 1 aromatic rings. The van der Waals surface area contributed by atoms with Crippen LogP contribution in [0.15, 0.2) is 18.2 Å². The van der Waals surface area contributed by atoms with E-state index in [2.05, 4.69) is 15.4 Å². The first-order valence-electron chi connectivity index (χ1n) is 7.75. The van der Waals surface area contributed by atoms with Gasteiger partial charge in [0.15, 0.2) is 18.1 Å². The molecule has 26 heavy (non-hydrogen) atoms. The second kappa shape index (κ2) is 8.97. The summed E-state index contributed by atoms with van der Waals surface area (Å²) in [7, 11) is 1.24. The Labute approximate surface area is 147 Å². The van der Waals surface area contributed by atoms with Crippen molar-refractivity contribution in [2.75, 3.05) is 20.3 Å². The maximum absolute atomic E-state index is 12.3. The topological polar surface area (TPSA) is 103 Å². The molecule has 0 atom stereocenters. The van der Waals surface area contributed by atoms with Crippen molar-refractivity contribution in [3.8, 4) is 11.5 Å². The Morgan fingerprint density at radius 3 is 2.58 bits per heavy atom. The van der Waals surface area contributed by atoms with Crippen molar-refractivity contribution in [3.05, 3.63) is 23.8 Å². The Kier molecular flexibility index (Phi) is 6.70. The summed E-state index contributed by atoms with van der Waals surface area (Å²) in [5, 5.41) is 4.95. The van der Waals surface area contributed by atoms with E-state index in [9.17, 15) is 23.2 Å². The van der Waals surface area contributed by atoms with Crippen molar-refractivity contribution in [2.45, 2.75) is 25.5 Å². The van der Waals surface area contributed by atoms with Crippen LogP contribution in [0, 0.1) is 0 Å². The van der Waals surface area contributed by atoms with E-state index >= 15 is 0 Å². The van der Waals surface area contributed by atoms with Crippen LogP contribution < -0.4 is 20.1 Å². The number of amides is 2. The van der Waals surface area contributed by atoms with Gasteiger partial charge < -0.3 is 24.8 Å². The van der Waals surface area contributed by atoms with Crippen LogP contribution in [0.4, 0.5) is 8.78 Å². The predicted octanol–water partition coefficient (Wildman–Crippen LogP) is 0.848. The third-order valence-corrected chi connectivity index (χ3v) is 3.34. The molecule has 0 saturated heterocycles. The summed E-state index contributed by atoms with van der Waals surface area (Å²) >= 11 is 0. The van der Waals surface area contributed by atoms with Crippen molar-refractivity contribution < 1.29 is 37.4 Å². The quantitative estimate of drug-likeness (QED) is 0.623. The van der Waals surface area contributed by atoms with Crippen LogP contribution in [0.2, 0.25) is 0 Å². The first-order chi connectivity index (χ1) is 12.4. The van der Waals surface area contributed by atoms with Crippen molar-refractivity contribution in [2.24, 2.45) is 0 Å². The molecule has 0 bridgehead atoms. The normalized spacial score (nSPS) is 13.1. The molecule has 2 rings (SSSR count). The largest absolute Gasteiger partial charge is 0.493 e. The minimum atomic E-state index is -3.03. The van der Waals surface area contributed by atoms with Gasteiger partial charge in [-0.05, 0) is 31.0 Å². The summed E-state index contributed by atoms with van der Waals surface area (Å²) in [6, 6.07) is 3.75. The molecule has 2 N–H and O–H groups in total. The van der Waals surface area contributed by atoms with Crippen LogP contribution in [-0.2, 0) is 14.3 Å². The highest BCUT2D eigenvalue weighted by Gasteiger charge is 2.23. The van der Waals surface area contributed by atoms with Gasteiger partial charge in [0.05, 0.1) is 7.11 Å². The van der Waals surface area contributed by atoms with Crippen LogP contribution in [0.5, 0.6) is 11.5 Å². The molecular weight excluding hydrogens is 354 g/mol. The lowest BCUT2D eigenvalue weighted by Crippen LogP contribution is -2.34. The third kappa shape index (κ3) is 6.19. The molecule has 142 valence electrons. The van der Waals surface area contributed by atoms with E-state index < -0.39 is 37.5 Å². The molecule has 8 nitrogen and oxygen atoms in total. The molecule has 0 spiro atoms. The molecule has 1 saturated carbocycles. The molecule has 10 heteroatoms. The standard InChI is InChI=1S/C16H18F2N2O6/c1-24-12-6-9(2-5-11(12)26-16(17)18)15(23)19-7-14(22)25-8-13(21)20-10-3-4-10/h2,5-6,10,16H,3-4,7-8H2,1H3,(H,19,23)(H,20,21). The lowest BCUT2D eigenvalue weighted by molar-refractivity contribution is -0.147. The number of carbonyl (C=O) groups excluding carboxylic acids is 3. The van der Waals surface area contributed by atoms with Crippen LogP contribution in [0.1, 0.15) is 23.2 Å². The molecule has 0 heterocycles. The number of hydrogen-bond acceptors (Lipinski definition) is 6. The fourth-order valence-corrected chi connectivity index (χ4v) is 1.95. The Morgan fingerprint density at radius 2 is 1.96 bits per heavy atom. The fourth-order valence-electron chi connectivity index (χ4n) is 1.95. The first kappa shape index (κ1) is 19.4.